The molecule has 2 nitrogen and oxygen atoms in total. The Labute approximate surface area is 116 Å². The first-order valence-corrected chi connectivity index (χ1v) is 6.40. The van der Waals surface area contributed by atoms with E-state index < -0.39 is 0 Å². The average Bonchev–Trinajstić information content (AvgIpc) is 2.46. The number of nitrogens with one attached hydrogen (secondary N) is 1. The lowest BCUT2D eigenvalue weighted by Gasteiger charge is -2.07. The largest absolute Gasteiger partial charge is 0.348 e. The van der Waals surface area contributed by atoms with Crippen molar-refractivity contribution in [3.8, 4) is 0 Å². The molecular formula is C15H13ClFNO. The van der Waals surface area contributed by atoms with Crippen molar-refractivity contribution in [2.24, 2.45) is 0 Å². The van der Waals surface area contributed by atoms with E-state index in [1.807, 2.05) is 6.07 Å². The normalized spacial score (nSPS) is 10.2. The standard InChI is InChI=1S/C15H13ClFNO/c16-9-11-4-3-6-12(8-11)15(19)18-10-13-5-1-2-7-14(13)17/h1-8H,9-10H2,(H,18,19). The zero-order valence-corrected chi connectivity index (χ0v) is 11.0. The minimum atomic E-state index is -0.322. The molecule has 2 aromatic rings. The van der Waals surface area contributed by atoms with E-state index in [-0.39, 0.29) is 18.3 Å². The van der Waals surface area contributed by atoms with Gasteiger partial charge in [-0.15, -0.1) is 11.6 Å². The van der Waals surface area contributed by atoms with Crippen LogP contribution in [0.5, 0.6) is 0 Å². The highest BCUT2D eigenvalue weighted by Gasteiger charge is 2.07. The quantitative estimate of drug-likeness (QED) is 0.852. The molecular weight excluding hydrogens is 265 g/mol. The van der Waals surface area contributed by atoms with Gasteiger partial charge in [0.15, 0.2) is 0 Å². The van der Waals surface area contributed by atoms with Gasteiger partial charge in [-0.05, 0) is 23.8 Å². The number of hydrogen-bond acceptors (Lipinski definition) is 1. The summed E-state index contributed by atoms with van der Waals surface area (Å²) in [5.41, 5.74) is 1.86. The molecule has 0 radical (unpaired) electrons. The van der Waals surface area contributed by atoms with Crippen LogP contribution in [-0.2, 0) is 12.4 Å². The molecule has 0 saturated heterocycles. The Hall–Kier alpha value is -1.87. The van der Waals surface area contributed by atoms with Gasteiger partial charge in [-0.1, -0.05) is 30.3 Å². The molecule has 1 N–H and O–H groups in total. The van der Waals surface area contributed by atoms with Crippen LogP contribution in [0.15, 0.2) is 48.5 Å². The lowest BCUT2D eigenvalue weighted by molar-refractivity contribution is 0.0950. The highest BCUT2D eigenvalue weighted by atomic mass is 35.5. The van der Waals surface area contributed by atoms with Crippen LogP contribution >= 0.6 is 11.6 Å². The summed E-state index contributed by atoms with van der Waals surface area (Å²) >= 11 is 5.72. The van der Waals surface area contributed by atoms with Gasteiger partial charge in [0.2, 0.25) is 0 Å². The first-order chi connectivity index (χ1) is 9.20. The lowest BCUT2D eigenvalue weighted by atomic mass is 10.1. The molecule has 0 fully saturated rings. The van der Waals surface area contributed by atoms with E-state index in [9.17, 15) is 9.18 Å². The Morgan fingerprint density at radius 2 is 1.95 bits per heavy atom. The Bertz CT molecular complexity index is 586. The molecule has 0 aliphatic rings. The van der Waals surface area contributed by atoms with E-state index in [1.54, 1.807) is 36.4 Å². The van der Waals surface area contributed by atoms with E-state index >= 15 is 0 Å². The van der Waals surface area contributed by atoms with Crippen molar-refractivity contribution in [1.82, 2.24) is 5.32 Å². The van der Waals surface area contributed by atoms with E-state index in [4.69, 9.17) is 11.6 Å². The van der Waals surface area contributed by atoms with Crippen LogP contribution in [0.4, 0.5) is 4.39 Å². The number of benzene rings is 2. The van der Waals surface area contributed by atoms with E-state index in [0.717, 1.165) is 5.56 Å². The van der Waals surface area contributed by atoms with Crippen LogP contribution in [0.25, 0.3) is 0 Å². The molecule has 2 aromatic carbocycles. The average molecular weight is 278 g/mol. The van der Waals surface area contributed by atoms with Crippen LogP contribution in [0.1, 0.15) is 21.5 Å². The molecule has 19 heavy (non-hydrogen) atoms. The second kappa shape index (κ2) is 6.34. The van der Waals surface area contributed by atoms with E-state index in [0.29, 0.717) is 17.0 Å². The summed E-state index contributed by atoms with van der Waals surface area (Å²) in [5, 5.41) is 2.69. The summed E-state index contributed by atoms with van der Waals surface area (Å²) in [5.74, 6) is -0.207. The maximum Gasteiger partial charge on any atom is 0.251 e. The number of hydrogen-bond donors (Lipinski definition) is 1. The molecule has 98 valence electrons. The van der Waals surface area contributed by atoms with E-state index in [1.165, 1.54) is 6.07 Å². The second-order valence-corrected chi connectivity index (χ2v) is 4.38. The maximum absolute atomic E-state index is 13.4. The van der Waals surface area contributed by atoms with Gasteiger partial charge in [0.25, 0.3) is 5.91 Å². The van der Waals surface area contributed by atoms with Crippen molar-refractivity contribution >= 4 is 17.5 Å². The number of amides is 1. The number of carbonyl (C=O) groups excluding carboxylic acids is 1. The van der Waals surface area contributed by atoms with Gasteiger partial charge in [-0.3, -0.25) is 4.79 Å². The van der Waals surface area contributed by atoms with Gasteiger partial charge in [0.05, 0.1) is 0 Å². The molecule has 0 atom stereocenters. The van der Waals surface area contributed by atoms with Gasteiger partial charge in [-0.2, -0.15) is 0 Å². The fourth-order valence-corrected chi connectivity index (χ4v) is 1.88. The van der Waals surface area contributed by atoms with Crippen LogP contribution in [0, 0.1) is 5.82 Å². The minimum absolute atomic E-state index is 0.163. The topological polar surface area (TPSA) is 29.1 Å². The molecule has 0 saturated carbocycles. The zero-order chi connectivity index (χ0) is 13.7. The Morgan fingerprint density at radius 3 is 2.68 bits per heavy atom. The molecule has 0 bridgehead atoms. The SMILES string of the molecule is O=C(NCc1ccccc1F)c1cccc(CCl)c1. The number of halogens is 2. The monoisotopic (exact) mass is 277 g/mol. The summed E-state index contributed by atoms with van der Waals surface area (Å²) in [7, 11) is 0. The molecule has 0 aliphatic heterocycles. The summed E-state index contributed by atoms with van der Waals surface area (Å²) in [6.07, 6.45) is 0. The van der Waals surface area contributed by atoms with Crippen molar-refractivity contribution < 1.29 is 9.18 Å². The summed E-state index contributed by atoms with van der Waals surface area (Å²) in [6.45, 7) is 0.163. The molecule has 0 spiro atoms. The smallest absolute Gasteiger partial charge is 0.251 e. The van der Waals surface area contributed by atoms with Crippen LogP contribution in [-0.4, -0.2) is 5.91 Å². The maximum atomic E-state index is 13.4. The van der Waals surface area contributed by atoms with Crippen LogP contribution in [0.3, 0.4) is 0 Å². The molecule has 4 heteroatoms. The predicted octanol–water partition coefficient (Wildman–Crippen LogP) is 3.49. The van der Waals surface area contributed by atoms with Gasteiger partial charge >= 0.3 is 0 Å². The molecule has 1 amide bonds. The Morgan fingerprint density at radius 1 is 1.16 bits per heavy atom. The number of alkyl halides is 1. The summed E-state index contributed by atoms with van der Waals surface area (Å²) in [6, 6.07) is 13.4. The van der Waals surface area contributed by atoms with Crippen molar-refractivity contribution in [3.63, 3.8) is 0 Å². The predicted molar refractivity (Wildman–Crippen MR) is 73.6 cm³/mol. The zero-order valence-electron chi connectivity index (χ0n) is 10.2. The highest BCUT2D eigenvalue weighted by Crippen LogP contribution is 2.09. The molecule has 2 rings (SSSR count). The Kier molecular flexibility index (Phi) is 4.53. The van der Waals surface area contributed by atoms with Crippen LogP contribution < -0.4 is 5.32 Å². The third kappa shape index (κ3) is 3.55. The van der Waals surface area contributed by atoms with Crippen molar-refractivity contribution in [1.29, 1.82) is 0 Å². The van der Waals surface area contributed by atoms with Crippen LogP contribution in [0.2, 0.25) is 0 Å². The lowest BCUT2D eigenvalue weighted by Crippen LogP contribution is -2.23. The fraction of sp³-hybridized carbons (Fsp3) is 0.133. The number of carbonyl (C=O) groups is 1. The fourth-order valence-electron chi connectivity index (χ4n) is 1.72. The Balaban J connectivity index is 2.03. The minimum Gasteiger partial charge on any atom is -0.348 e. The molecule has 0 heterocycles. The van der Waals surface area contributed by atoms with Crippen molar-refractivity contribution in [2.45, 2.75) is 12.4 Å². The van der Waals surface area contributed by atoms with Gasteiger partial charge in [-0.25, -0.2) is 4.39 Å². The molecule has 0 aliphatic carbocycles. The summed E-state index contributed by atoms with van der Waals surface area (Å²) in [4.78, 5) is 11.9. The summed E-state index contributed by atoms with van der Waals surface area (Å²) < 4.78 is 13.4. The van der Waals surface area contributed by atoms with Gasteiger partial charge < -0.3 is 5.32 Å². The third-order valence-electron chi connectivity index (χ3n) is 2.74. The first-order valence-electron chi connectivity index (χ1n) is 5.87. The second-order valence-electron chi connectivity index (χ2n) is 4.11. The number of rotatable bonds is 4. The highest BCUT2D eigenvalue weighted by molar-refractivity contribution is 6.17. The van der Waals surface area contributed by atoms with Gasteiger partial charge in [0.1, 0.15) is 5.82 Å². The van der Waals surface area contributed by atoms with Crippen molar-refractivity contribution in [3.05, 3.63) is 71.0 Å². The first kappa shape index (κ1) is 13.6. The van der Waals surface area contributed by atoms with Gasteiger partial charge in [0, 0.05) is 23.6 Å². The van der Waals surface area contributed by atoms with E-state index in [2.05, 4.69) is 5.32 Å². The molecule has 0 aromatic heterocycles. The molecule has 0 unspecified atom stereocenters. The van der Waals surface area contributed by atoms with Crippen molar-refractivity contribution in [2.75, 3.05) is 0 Å². The third-order valence-corrected chi connectivity index (χ3v) is 3.05.